The number of rotatable bonds is 7. The molecule has 1 aromatic carbocycles. The number of amides is 2. The number of halogens is 2. The molecule has 1 aliphatic heterocycles. The molecule has 1 fully saturated rings. The molecule has 2 N–H and O–H groups in total. The molecule has 8 heteroatoms. The van der Waals surface area contributed by atoms with E-state index < -0.39 is 11.9 Å². The average molecular weight is 405 g/mol. The number of nitrogens with zero attached hydrogens (tertiary/aromatic N) is 2. The number of carbonyl (C=O) groups is 2. The Labute approximate surface area is 168 Å². The molecule has 0 bridgehead atoms. The monoisotopic (exact) mass is 404 g/mol. The Morgan fingerprint density at radius 3 is 3.00 bits per heavy atom. The van der Waals surface area contributed by atoms with Crippen LogP contribution in [-0.4, -0.2) is 47.4 Å². The molecule has 0 aliphatic carbocycles. The molecule has 1 saturated heterocycles. The molecule has 2 amide bonds. The van der Waals surface area contributed by atoms with Crippen LogP contribution in [0, 0.1) is 5.82 Å². The highest BCUT2D eigenvalue weighted by molar-refractivity contribution is 6.31. The zero-order valence-corrected chi connectivity index (χ0v) is 16.1. The second-order valence-corrected chi connectivity index (χ2v) is 7.09. The number of pyridine rings is 1. The van der Waals surface area contributed by atoms with Gasteiger partial charge in [0.05, 0.1) is 12.5 Å². The van der Waals surface area contributed by atoms with Crippen LogP contribution in [0.5, 0.6) is 0 Å². The molecular formula is C20H22ClFN4O2. The van der Waals surface area contributed by atoms with Crippen molar-refractivity contribution in [3.05, 3.63) is 64.7 Å². The minimum atomic E-state index is -0.590. The third-order valence-electron chi connectivity index (χ3n) is 4.67. The Bertz CT molecular complexity index is 834. The summed E-state index contributed by atoms with van der Waals surface area (Å²) in [5.74, 6) is -0.789. The molecule has 3 rings (SSSR count). The lowest BCUT2D eigenvalue weighted by atomic mass is 10.1. The van der Waals surface area contributed by atoms with E-state index in [4.69, 9.17) is 11.6 Å². The molecule has 2 heterocycles. The van der Waals surface area contributed by atoms with Crippen molar-refractivity contribution < 1.29 is 14.0 Å². The lowest BCUT2D eigenvalue weighted by Gasteiger charge is -2.34. The quantitative estimate of drug-likeness (QED) is 0.739. The van der Waals surface area contributed by atoms with Crippen molar-refractivity contribution in [3.63, 3.8) is 0 Å². The predicted octanol–water partition coefficient (Wildman–Crippen LogP) is 1.92. The van der Waals surface area contributed by atoms with Gasteiger partial charge in [-0.3, -0.25) is 19.5 Å². The van der Waals surface area contributed by atoms with Gasteiger partial charge in [-0.05, 0) is 35.7 Å². The van der Waals surface area contributed by atoms with E-state index in [1.807, 2.05) is 17.0 Å². The molecule has 148 valence electrons. The van der Waals surface area contributed by atoms with Crippen LogP contribution in [0.3, 0.4) is 0 Å². The molecule has 1 aliphatic rings. The molecule has 2 aromatic rings. The number of carbonyl (C=O) groups excluding carboxylic acids is 2. The molecule has 0 saturated carbocycles. The van der Waals surface area contributed by atoms with Crippen LogP contribution in [0.15, 0.2) is 42.7 Å². The lowest BCUT2D eigenvalue weighted by Crippen LogP contribution is -2.56. The van der Waals surface area contributed by atoms with Gasteiger partial charge in [-0.15, -0.1) is 0 Å². The standard InChI is InChI=1S/C20H22ClFN4O2/c21-17-10-16(22)4-3-15(17)13-26-9-8-25-20(28)18(26)11-19(27)24-7-5-14-2-1-6-23-12-14/h1-4,6,10,12,18H,5,7-9,11,13H2,(H,24,27)(H,25,28)/t18-/m1/s1. The third kappa shape index (κ3) is 5.50. The molecule has 1 atom stereocenters. The van der Waals surface area contributed by atoms with Crippen molar-refractivity contribution in [3.8, 4) is 0 Å². The van der Waals surface area contributed by atoms with Gasteiger partial charge in [-0.1, -0.05) is 23.7 Å². The maximum absolute atomic E-state index is 13.3. The van der Waals surface area contributed by atoms with Crippen molar-refractivity contribution in [2.75, 3.05) is 19.6 Å². The first-order valence-electron chi connectivity index (χ1n) is 9.14. The summed E-state index contributed by atoms with van der Waals surface area (Å²) >= 11 is 6.11. The van der Waals surface area contributed by atoms with Gasteiger partial charge < -0.3 is 10.6 Å². The van der Waals surface area contributed by atoms with Crippen molar-refractivity contribution in [2.45, 2.75) is 25.4 Å². The second kappa shape index (κ2) is 9.61. The van der Waals surface area contributed by atoms with Crippen molar-refractivity contribution in [2.24, 2.45) is 0 Å². The largest absolute Gasteiger partial charge is 0.356 e. The van der Waals surface area contributed by atoms with Gasteiger partial charge in [0.2, 0.25) is 11.8 Å². The van der Waals surface area contributed by atoms with E-state index in [-0.39, 0.29) is 18.2 Å². The number of nitrogens with one attached hydrogen (secondary N) is 2. The van der Waals surface area contributed by atoms with Gasteiger partial charge in [0.15, 0.2) is 0 Å². The zero-order valence-electron chi connectivity index (χ0n) is 15.3. The van der Waals surface area contributed by atoms with E-state index >= 15 is 0 Å². The van der Waals surface area contributed by atoms with Gasteiger partial charge in [-0.25, -0.2) is 4.39 Å². The predicted molar refractivity (Wildman–Crippen MR) is 104 cm³/mol. The van der Waals surface area contributed by atoms with Crippen molar-refractivity contribution in [1.82, 2.24) is 20.5 Å². The summed E-state index contributed by atoms with van der Waals surface area (Å²) in [4.78, 5) is 30.6. The Kier molecular flexibility index (Phi) is 6.95. The SMILES string of the molecule is O=C(C[C@@H]1C(=O)NCCN1Cc1ccc(F)cc1Cl)NCCc1cccnc1. The third-order valence-corrected chi connectivity index (χ3v) is 5.02. The first kappa shape index (κ1) is 20.2. The second-order valence-electron chi connectivity index (χ2n) is 6.68. The van der Waals surface area contributed by atoms with Crippen LogP contribution < -0.4 is 10.6 Å². The van der Waals surface area contributed by atoms with Crippen molar-refractivity contribution in [1.29, 1.82) is 0 Å². The summed E-state index contributed by atoms with van der Waals surface area (Å²) in [6.07, 6.45) is 4.18. The number of hydrogen-bond acceptors (Lipinski definition) is 4. The molecule has 0 spiro atoms. The summed E-state index contributed by atoms with van der Waals surface area (Å²) < 4.78 is 13.3. The van der Waals surface area contributed by atoms with Crippen LogP contribution in [0.4, 0.5) is 4.39 Å². The van der Waals surface area contributed by atoms with Crippen LogP contribution in [0.25, 0.3) is 0 Å². The molecule has 28 heavy (non-hydrogen) atoms. The average Bonchev–Trinajstić information content (AvgIpc) is 2.67. The molecule has 6 nitrogen and oxygen atoms in total. The van der Waals surface area contributed by atoms with E-state index in [9.17, 15) is 14.0 Å². The summed E-state index contributed by atoms with van der Waals surface area (Å²) in [5.41, 5.74) is 1.76. The normalized spacial score (nSPS) is 17.2. The van der Waals surface area contributed by atoms with Crippen LogP contribution in [0.1, 0.15) is 17.5 Å². The molecular weight excluding hydrogens is 383 g/mol. The van der Waals surface area contributed by atoms with Crippen LogP contribution >= 0.6 is 11.6 Å². The summed E-state index contributed by atoms with van der Waals surface area (Å²) in [5, 5.41) is 5.96. The number of hydrogen-bond donors (Lipinski definition) is 2. The molecule has 1 aromatic heterocycles. The van der Waals surface area contributed by atoms with Crippen LogP contribution in [-0.2, 0) is 22.6 Å². The van der Waals surface area contributed by atoms with Crippen LogP contribution in [0.2, 0.25) is 5.02 Å². The Balaban J connectivity index is 1.57. The fourth-order valence-corrected chi connectivity index (χ4v) is 3.41. The minimum Gasteiger partial charge on any atom is -0.356 e. The Morgan fingerprint density at radius 1 is 1.39 bits per heavy atom. The first-order chi connectivity index (χ1) is 13.5. The van der Waals surface area contributed by atoms with Crippen molar-refractivity contribution >= 4 is 23.4 Å². The number of aromatic nitrogens is 1. The van der Waals surface area contributed by atoms with Gasteiger partial charge in [0.25, 0.3) is 0 Å². The highest BCUT2D eigenvalue weighted by Crippen LogP contribution is 2.21. The van der Waals surface area contributed by atoms with Gasteiger partial charge in [0, 0.05) is 43.6 Å². The summed E-state index contributed by atoms with van der Waals surface area (Å²) in [7, 11) is 0. The van der Waals surface area contributed by atoms with E-state index in [1.54, 1.807) is 18.5 Å². The fourth-order valence-electron chi connectivity index (χ4n) is 3.18. The Hall–Kier alpha value is -2.51. The zero-order chi connectivity index (χ0) is 19.9. The minimum absolute atomic E-state index is 0.0533. The number of piperazine rings is 1. The smallest absolute Gasteiger partial charge is 0.237 e. The lowest BCUT2D eigenvalue weighted by molar-refractivity contribution is -0.134. The summed E-state index contributed by atoms with van der Waals surface area (Å²) in [6, 6.07) is 7.40. The highest BCUT2D eigenvalue weighted by atomic mass is 35.5. The Morgan fingerprint density at radius 2 is 2.25 bits per heavy atom. The molecule has 0 radical (unpaired) electrons. The first-order valence-corrected chi connectivity index (χ1v) is 9.52. The maximum atomic E-state index is 13.3. The van der Waals surface area contributed by atoms with E-state index in [2.05, 4.69) is 15.6 Å². The van der Waals surface area contributed by atoms with E-state index in [0.717, 1.165) is 11.1 Å². The fraction of sp³-hybridized carbons (Fsp3) is 0.350. The van der Waals surface area contributed by atoms with E-state index in [1.165, 1.54) is 12.1 Å². The molecule has 0 unspecified atom stereocenters. The van der Waals surface area contributed by atoms with Gasteiger partial charge >= 0.3 is 0 Å². The maximum Gasteiger partial charge on any atom is 0.237 e. The van der Waals surface area contributed by atoms with E-state index in [0.29, 0.717) is 37.6 Å². The topological polar surface area (TPSA) is 74.3 Å². The number of benzene rings is 1. The summed E-state index contributed by atoms with van der Waals surface area (Å²) in [6.45, 7) is 1.94. The van der Waals surface area contributed by atoms with Gasteiger partial charge in [0.1, 0.15) is 5.82 Å². The van der Waals surface area contributed by atoms with Gasteiger partial charge in [-0.2, -0.15) is 0 Å². The highest BCUT2D eigenvalue weighted by Gasteiger charge is 2.31.